The van der Waals surface area contributed by atoms with Crippen molar-refractivity contribution in [2.75, 3.05) is 38.3 Å². The van der Waals surface area contributed by atoms with Crippen molar-refractivity contribution in [2.45, 2.75) is 11.3 Å². The lowest BCUT2D eigenvalue weighted by molar-refractivity contribution is -0.117. The minimum absolute atomic E-state index is 0.182. The molecule has 0 saturated carbocycles. The number of likely N-dealkylation sites (N-methyl/N-ethyl adjacent to an activating group) is 1. The van der Waals surface area contributed by atoms with Crippen LogP contribution in [0.2, 0.25) is 0 Å². The second-order valence-electron chi connectivity index (χ2n) is 6.10. The monoisotopic (exact) mass is 376 g/mol. The number of benzene rings is 2. The van der Waals surface area contributed by atoms with Crippen molar-refractivity contribution in [1.82, 2.24) is 4.90 Å². The molecule has 0 spiro atoms. The van der Waals surface area contributed by atoms with Crippen molar-refractivity contribution in [3.8, 4) is 5.75 Å². The van der Waals surface area contributed by atoms with Gasteiger partial charge in [0, 0.05) is 18.5 Å². The SMILES string of the molecule is CN(CCCOc1ccccc1)CC(=O)Nc1cccc(S(C)(=O)=O)c1. The maximum Gasteiger partial charge on any atom is 0.238 e. The molecule has 2 aromatic rings. The Bertz CT molecular complexity index is 822. The lowest BCUT2D eigenvalue weighted by Crippen LogP contribution is -2.31. The number of carbonyl (C=O) groups excluding carboxylic acids is 1. The molecule has 2 rings (SSSR count). The van der Waals surface area contributed by atoms with Gasteiger partial charge in [-0.1, -0.05) is 24.3 Å². The summed E-state index contributed by atoms with van der Waals surface area (Å²) < 4.78 is 28.7. The van der Waals surface area contributed by atoms with E-state index in [0.717, 1.165) is 18.4 Å². The van der Waals surface area contributed by atoms with Crippen LogP contribution >= 0.6 is 0 Å². The number of anilines is 1. The Labute approximate surface area is 154 Å². The van der Waals surface area contributed by atoms with Crippen molar-refractivity contribution in [3.63, 3.8) is 0 Å². The van der Waals surface area contributed by atoms with Crippen molar-refractivity contribution in [3.05, 3.63) is 54.6 Å². The largest absolute Gasteiger partial charge is 0.494 e. The summed E-state index contributed by atoms with van der Waals surface area (Å²) in [5, 5.41) is 2.73. The molecule has 0 atom stereocenters. The van der Waals surface area contributed by atoms with Crippen LogP contribution in [0.15, 0.2) is 59.5 Å². The normalized spacial score (nSPS) is 11.3. The van der Waals surface area contributed by atoms with Gasteiger partial charge < -0.3 is 10.1 Å². The summed E-state index contributed by atoms with van der Waals surface area (Å²) in [7, 11) is -1.44. The van der Waals surface area contributed by atoms with Crippen molar-refractivity contribution >= 4 is 21.4 Å². The van der Waals surface area contributed by atoms with Gasteiger partial charge in [-0.05, 0) is 43.8 Å². The molecule has 0 radical (unpaired) electrons. The molecule has 6 nitrogen and oxygen atoms in total. The van der Waals surface area contributed by atoms with Gasteiger partial charge >= 0.3 is 0 Å². The Morgan fingerprint density at radius 2 is 1.85 bits per heavy atom. The minimum Gasteiger partial charge on any atom is -0.494 e. The van der Waals surface area contributed by atoms with Gasteiger partial charge in [-0.2, -0.15) is 0 Å². The Morgan fingerprint density at radius 3 is 2.54 bits per heavy atom. The third-order valence-electron chi connectivity index (χ3n) is 3.66. The topological polar surface area (TPSA) is 75.7 Å². The van der Waals surface area contributed by atoms with E-state index in [1.807, 2.05) is 42.3 Å². The number of sulfone groups is 1. The van der Waals surface area contributed by atoms with E-state index >= 15 is 0 Å². The first-order valence-electron chi connectivity index (χ1n) is 8.31. The van der Waals surface area contributed by atoms with E-state index in [-0.39, 0.29) is 17.3 Å². The summed E-state index contributed by atoms with van der Waals surface area (Å²) >= 11 is 0. The number of carbonyl (C=O) groups is 1. The first-order chi connectivity index (χ1) is 12.3. The molecule has 1 amide bonds. The highest BCUT2D eigenvalue weighted by Crippen LogP contribution is 2.15. The number of rotatable bonds is 9. The second-order valence-corrected chi connectivity index (χ2v) is 8.12. The van der Waals surface area contributed by atoms with Gasteiger partial charge in [-0.25, -0.2) is 8.42 Å². The molecule has 0 bridgehead atoms. The van der Waals surface area contributed by atoms with E-state index in [2.05, 4.69) is 5.32 Å². The molecular weight excluding hydrogens is 352 g/mol. The molecular formula is C19H24N2O4S. The first-order valence-corrected chi connectivity index (χ1v) is 10.2. The van der Waals surface area contributed by atoms with E-state index in [1.165, 1.54) is 12.1 Å². The number of amides is 1. The van der Waals surface area contributed by atoms with Crippen LogP contribution in [0.1, 0.15) is 6.42 Å². The Balaban J connectivity index is 1.73. The standard InChI is InChI=1S/C19H24N2O4S/c1-21(12-7-13-25-17-9-4-3-5-10-17)15-19(22)20-16-8-6-11-18(14-16)26(2,23)24/h3-6,8-11,14H,7,12-13,15H2,1-2H3,(H,20,22). The molecule has 0 heterocycles. The average molecular weight is 376 g/mol. The highest BCUT2D eigenvalue weighted by atomic mass is 32.2. The Kier molecular flexibility index (Phi) is 7.17. The molecule has 7 heteroatoms. The maximum atomic E-state index is 12.1. The quantitative estimate of drug-likeness (QED) is 0.680. The van der Waals surface area contributed by atoms with Crippen LogP contribution in [0, 0.1) is 0 Å². The van der Waals surface area contributed by atoms with Crippen LogP contribution in [0.3, 0.4) is 0 Å². The fourth-order valence-electron chi connectivity index (χ4n) is 2.37. The van der Waals surface area contributed by atoms with E-state index in [9.17, 15) is 13.2 Å². The summed E-state index contributed by atoms with van der Waals surface area (Å²) in [6.45, 7) is 1.50. The summed E-state index contributed by atoms with van der Waals surface area (Å²) in [4.78, 5) is 14.2. The highest BCUT2D eigenvalue weighted by Gasteiger charge is 2.10. The fourth-order valence-corrected chi connectivity index (χ4v) is 3.04. The maximum absolute atomic E-state index is 12.1. The molecule has 140 valence electrons. The molecule has 0 aliphatic rings. The zero-order chi connectivity index (χ0) is 19.0. The minimum atomic E-state index is -3.30. The Hall–Kier alpha value is -2.38. The Morgan fingerprint density at radius 1 is 1.12 bits per heavy atom. The number of ether oxygens (including phenoxy) is 1. The zero-order valence-electron chi connectivity index (χ0n) is 15.0. The van der Waals surface area contributed by atoms with Gasteiger partial charge in [0.15, 0.2) is 9.84 Å². The third kappa shape index (κ3) is 6.85. The summed E-state index contributed by atoms with van der Waals surface area (Å²) in [5.74, 6) is 0.640. The summed E-state index contributed by atoms with van der Waals surface area (Å²) in [6.07, 6.45) is 1.93. The molecule has 0 aliphatic heterocycles. The van der Waals surface area contributed by atoms with Gasteiger partial charge in [-0.3, -0.25) is 9.69 Å². The van der Waals surface area contributed by atoms with Crippen molar-refractivity contribution < 1.29 is 17.9 Å². The molecule has 0 aliphatic carbocycles. The smallest absolute Gasteiger partial charge is 0.238 e. The number of nitrogens with zero attached hydrogens (tertiary/aromatic N) is 1. The number of hydrogen-bond acceptors (Lipinski definition) is 5. The van der Waals surface area contributed by atoms with Gasteiger partial charge in [0.25, 0.3) is 0 Å². The lowest BCUT2D eigenvalue weighted by Gasteiger charge is -2.16. The molecule has 1 N–H and O–H groups in total. The van der Waals surface area contributed by atoms with Gasteiger partial charge in [0.1, 0.15) is 5.75 Å². The fraction of sp³-hybridized carbons (Fsp3) is 0.316. The van der Waals surface area contributed by atoms with Crippen LogP contribution in [-0.2, 0) is 14.6 Å². The zero-order valence-corrected chi connectivity index (χ0v) is 15.8. The van der Waals surface area contributed by atoms with Gasteiger partial charge in [0.05, 0.1) is 18.0 Å². The highest BCUT2D eigenvalue weighted by molar-refractivity contribution is 7.90. The van der Waals surface area contributed by atoms with E-state index in [4.69, 9.17) is 4.74 Å². The van der Waals surface area contributed by atoms with Crippen LogP contribution < -0.4 is 10.1 Å². The van der Waals surface area contributed by atoms with Crippen LogP contribution in [0.25, 0.3) is 0 Å². The van der Waals surface area contributed by atoms with Crippen LogP contribution in [0.4, 0.5) is 5.69 Å². The number of hydrogen-bond donors (Lipinski definition) is 1. The van der Waals surface area contributed by atoms with Gasteiger partial charge in [0.2, 0.25) is 5.91 Å². The molecule has 0 fully saturated rings. The van der Waals surface area contributed by atoms with E-state index < -0.39 is 9.84 Å². The van der Waals surface area contributed by atoms with Crippen LogP contribution in [0.5, 0.6) is 5.75 Å². The molecule has 2 aromatic carbocycles. The first kappa shape index (κ1) is 19.9. The second kappa shape index (κ2) is 9.35. The molecule has 26 heavy (non-hydrogen) atoms. The predicted octanol–water partition coefficient (Wildman–Crippen LogP) is 2.43. The van der Waals surface area contributed by atoms with Gasteiger partial charge in [-0.15, -0.1) is 0 Å². The summed E-state index contributed by atoms with van der Waals surface area (Å²) in [6, 6.07) is 15.8. The van der Waals surface area contributed by atoms with Crippen molar-refractivity contribution in [2.24, 2.45) is 0 Å². The predicted molar refractivity (Wildman–Crippen MR) is 102 cm³/mol. The average Bonchev–Trinajstić information content (AvgIpc) is 2.59. The summed E-state index contributed by atoms with van der Waals surface area (Å²) in [5.41, 5.74) is 0.471. The number of para-hydroxylation sites is 1. The molecule has 0 unspecified atom stereocenters. The number of nitrogens with one attached hydrogen (secondary N) is 1. The third-order valence-corrected chi connectivity index (χ3v) is 4.77. The molecule has 0 saturated heterocycles. The van der Waals surface area contributed by atoms with Crippen LogP contribution in [-0.4, -0.2) is 52.2 Å². The van der Waals surface area contributed by atoms with E-state index in [0.29, 0.717) is 18.8 Å². The molecule has 0 aromatic heterocycles. The van der Waals surface area contributed by atoms with E-state index in [1.54, 1.807) is 12.1 Å². The lowest BCUT2D eigenvalue weighted by atomic mass is 10.3. The van der Waals surface area contributed by atoms with Crippen molar-refractivity contribution in [1.29, 1.82) is 0 Å².